The number of hydrogen-bond acceptors (Lipinski definition) is 7. The van der Waals surface area contributed by atoms with E-state index in [1.54, 1.807) is 0 Å². The quantitative estimate of drug-likeness (QED) is 0.182. The van der Waals surface area contributed by atoms with Crippen molar-refractivity contribution in [3.8, 4) is 0 Å². The zero-order valence-corrected chi connectivity index (χ0v) is 15.7. The van der Waals surface area contributed by atoms with E-state index in [0.29, 0.717) is 23.7 Å². The van der Waals surface area contributed by atoms with Crippen LogP contribution in [0.2, 0.25) is 0 Å². The van der Waals surface area contributed by atoms with E-state index in [1.165, 1.54) is 0 Å². The number of nitrogens with one attached hydrogen (secondary N) is 2. The Balaban J connectivity index is 2.79. The molecule has 0 aromatic carbocycles. The van der Waals surface area contributed by atoms with Crippen LogP contribution in [-0.2, 0) is 13.8 Å². The molecule has 0 unspecified atom stereocenters. The minimum Gasteiger partial charge on any atom is -0.394 e. The molecule has 5 atom stereocenters. The maximum atomic E-state index is 12.6. The van der Waals surface area contributed by atoms with Crippen LogP contribution in [0, 0.1) is 0 Å². The van der Waals surface area contributed by atoms with Crippen molar-refractivity contribution in [2.45, 2.75) is 30.7 Å². The molecule has 0 radical (unpaired) electrons. The molecule has 1 heterocycles. The van der Waals surface area contributed by atoms with Gasteiger partial charge in [-0.1, -0.05) is 31.9 Å². The third-order valence-corrected chi connectivity index (χ3v) is 5.51. The first-order valence-corrected chi connectivity index (χ1v) is 10.5. The zero-order chi connectivity index (χ0) is 16.8. The van der Waals surface area contributed by atoms with E-state index >= 15 is 0 Å². The summed E-state index contributed by atoms with van der Waals surface area (Å²) in [5, 5.41) is 44.8. The number of halogens is 2. The summed E-state index contributed by atoms with van der Waals surface area (Å²) in [5.41, 5.74) is 0. The molecule has 0 aliphatic carbocycles. The number of aliphatic hydroxyl groups is 4. The minimum atomic E-state index is -3.56. The van der Waals surface area contributed by atoms with Crippen LogP contribution in [0.1, 0.15) is 0 Å². The lowest BCUT2D eigenvalue weighted by Gasteiger charge is -2.40. The summed E-state index contributed by atoms with van der Waals surface area (Å²) in [6.07, 6.45) is -7.28. The van der Waals surface area contributed by atoms with E-state index in [9.17, 15) is 19.9 Å². The van der Waals surface area contributed by atoms with Crippen molar-refractivity contribution in [3.05, 3.63) is 0 Å². The highest BCUT2D eigenvalue weighted by atomic mass is 79.9. The van der Waals surface area contributed by atoms with Crippen LogP contribution in [0.5, 0.6) is 0 Å². The Kier molecular flexibility index (Phi) is 9.50. The number of rotatable bonds is 9. The average Bonchev–Trinajstić information content (AvgIpc) is 2.51. The van der Waals surface area contributed by atoms with E-state index in [1.807, 2.05) is 0 Å². The van der Waals surface area contributed by atoms with Gasteiger partial charge in [0.25, 0.3) is 0 Å². The molecule has 132 valence electrons. The van der Waals surface area contributed by atoms with Crippen LogP contribution in [0.15, 0.2) is 0 Å². The molecular weight excluding hydrogens is 451 g/mol. The molecule has 1 aliphatic heterocycles. The van der Waals surface area contributed by atoms with Gasteiger partial charge < -0.3 is 25.2 Å². The van der Waals surface area contributed by atoms with Crippen molar-refractivity contribution in [1.29, 1.82) is 0 Å². The number of ether oxygens (including phenoxy) is 1. The van der Waals surface area contributed by atoms with Gasteiger partial charge in [0.1, 0.15) is 24.4 Å². The lowest BCUT2D eigenvalue weighted by atomic mass is 10.00. The Labute approximate surface area is 145 Å². The SMILES string of the molecule is O=P(NCCBr)(NCCBr)O[C@@H]1O[C@H](CO)[C@@H](O)[C@H](O)[C@H]1O. The lowest BCUT2D eigenvalue weighted by Crippen LogP contribution is -2.59. The Morgan fingerprint density at radius 3 is 2.05 bits per heavy atom. The van der Waals surface area contributed by atoms with Crippen molar-refractivity contribution in [3.63, 3.8) is 0 Å². The normalized spacial score (nSPS) is 33.1. The summed E-state index contributed by atoms with van der Waals surface area (Å²) in [6, 6.07) is 0. The Hall–Kier alpha value is 0.870. The summed E-state index contributed by atoms with van der Waals surface area (Å²) < 4.78 is 23.1. The van der Waals surface area contributed by atoms with Gasteiger partial charge in [0.15, 0.2) is 6.29 Å². The Morgan fingerprint density at radius 2 is 1.59 bits per heavy atom. The van der Waals surface area contributed by atoms with Crippen molar-refractivity contribution in [1.82, 2.24) is 10.2 Å². The fourth-order valence-corrected chi connectivity index (χ4v) is 4.36. The van der Waals surface area contributed by atoms with Crippen LogP contribution in [0.4, 0.5) is 0 Å². The van der Waals surface area contributed by atoms with Gasteiger partial charge in [-0.3, -0.25) is 9.09 Å². The van der Waals surface area contributed by atoms with E-state index in [-0.39, 0.29) is 0 Å². The average molecular weight is 472 g/mol. The maximum Gasteiger partial charge on any atom is 0.343 e. The first-order chi connectivity index (χ1) is 10.4. The van der Waals surface area contributed by atoms with Gasteiger partial charge in [0.2, 0.25) is 0 Å². The molecule has 6 N–H and O–H groups in total. The van der Waals surface area contributed by atoms with Gasteiger partial charge in [-0.25, -0.2) is 10.2 Å². The van der Waals surface area contributed by atoms with Gasteiger partial charge in [0, 0.05) is 23.7 Å². The van der Waals surface area contributed by atoms with Crippen LogP contribution >= 0.6 is 39.5 Å². The Morgan fingerprint density at radius 1 is 1.05 bits per heavy atom. The molecule has 9 nitrogen and oxygen atoms in total. The molecule has 0 saturated carbocycles. The number of alkyl halides is 2. The fraction of sp³-hybridized carbons (Fsp3) is 1.00. The van der Waals surface area contributed by atoms with Gasteiger partial charge >= 0.3 is 7.67 Å². The van der Waals surface area contributed by atoms with Gasteiger partial charge in [0.05, 0.1) is 6.61 Å². The summed E-state index contributed by atoms with van der Waals surface area (Å²) in [4.78, 5) is 0. The van der Waals surface area contributed by atoms with Crippen molar-refractivity contribution in [2.24, 2.45) is 0 Å². The lowest BCUT2D eigenvalue weighted by molar-refractivity contribution is -0.277. The first-order valence-electron chi connectivity index (χ1n) is 6.59. The summed E-state index contributed by atoms with van der Waals surface area (Å²) in [7, 11) is -3.56. The molecule has 0 spiro atoms. The molecule has 12 heteroatoms. The van der Waals surface area contributed by atoms with E-state index in [0.717, 1.165) is 0 Å². The zero-order valence-electron chi connectivity index (χ0n) is 11.6. The van der Waals surface area contributed by atoms with Crippen LogP contribution < -0.4 is 10.2 Å². The smallest absolute Gasteiger partial charge is 0.343 e. The van der Waals surface area contributed by atoms with Crippen LogP contribution in [0.3, 0.4) is 0 Å². The molecule has 1 rings (SSSR count). The summed E-state index contributed by atoms with van der Waals surface area (Å²) >= 11 is 6.37. The largest absolute Gasteiger partial charge is 0.394 e. The molecule has 0 amide bonds. The van der Waals surface area contributed by atoms with Gasteiger partial charge in [-0.05, 0) is 0 Å². The number of hydrogen-bond donors (Lipinski definition) is 6. The molecule has 1 saturated heterocycles. The highest BCUT2D eigenvalue weighted by Crippen LogP contribution is 2.41. The predicted molar refractivity (Wildman–Crippen MR) is 86.1 cm³/mol. The third kappa shape index (κ3) is 5.75. The second kappa shape index (κ2) is 10.00. The summed E-state index contributed by atoms with van der Waals surface area (Å²) in [6.45, 7) is 0.0622. The van der Waals surface area contributed by atoms with Crippen molar-refractivity contribution < 1.29 is 34.3 Å². The first kappa shape index (κ1) is 20.9. The fourth-order valence-electron chi connectivity index (χ4n) is 1.81. The van der Waals surface area contributed by atoms with E-state index in [4.69, 9.17) is 14.4 Å². The minimum absolute atomic E-state index is 0.323. The second-order valence-electron chi connectivity index (χ2n) is 4.55. The van der Waals surface area contributed by atoms with E-state index < -0.39 is 45.0 Å². The molecule has 0 aromatic heterocycles. The molecule has 0 aromatic rings. The third-order valence-electron chi connectivity index (χ3n) is 2.93. The summed E-state index contributed by atoms with van der Waals surface area (Å²) in [5.74, 6) is 0. The maximum absolute atomic E-state index is 12.6. The highest BCUT2D eigenvalue weighted by molar-refractivity contribution is 9.09. The van der Waals surface area contributed by atoms with Gasteiger partial charge in [-0.15, -0.1) is 0 Å². The monoisotopic (exact) mass is 470 g/mol. The topological polar surface area (TPSA) is 141 Å². The number of aliphatic hydroxyl groups excluding tert-OH is 4. The second-order valence-corrected chi connectivity index (χ2v) is 8.08. The van der Waals surface area contributed by atoms with Gasteiger partial charge in [-0.2, -0.15) is 0 Å². The van der Waals surface area contributed by atoms with Crippen molar-refractivity contribution >= 4 is 39.5 Å². The molecule has 1 aliphatic rings. The molecule has 0 bridgehead atoms. The van der Waals surface area contributed by atoms with Crippen LogP contribution in [-0.4, -0.2) is 81.5 Å². The highest BCUT2D eigenvalue weighted by Gasteiger charge is 2.46. The van der Waals surface area contributed by atoms with E-state index in [2.05, 4.69) is 42.0 Å². The standard InChI is InChI=1S/C10H21Br2N2O7P/c11-1-3-13-22(19,14-4-2-12)21-10-9(18)8(17)7(16)6(5-15)20-10/h6-10,15-18H,1-5H2,(H2,13,14,19)/t6-,7-,8+,9-,10+/m1/s1. The molecular formula is C10H21Br2N2O7P. The molecule has 1 fully saturated rings. The van der Waals surface area contributed by atoms with Crippen molar-refractivity contribution in [2.75, 3.05) is 30.4 Å². The Bertz CT molecular complexity index is 367. The molecule has 22 heavy (non-hydrogen) atoms. The predicted octanol–water partition coefficient (Wildman–Crippen LogP) is -1.12. The van der Waals surface area contributed by atoms with Crippen LogP contribution in [0.25, 0.3) is 0 Å².